The van der Waals surface area contributed by atoms with Crippen LogP contribution in [0.1, 0.15) is 32.6 Å². The molecular weight excluding hydrogens is 192 g/mol. The fraction of sp³-hybridized carbons (Fsp3) is 0.909. The number of carbonyl (C=O) groups is 1. The predicted octanol–water partition coefficient (Wildman–Crippen LogP) is 0.670. The van der Waals surface area contributed by atoms with Gasteiger partial charge in [-0.1, -0.05) is 13.3 Å². The highest BCUT2D eigenvalue weighted by Gasteiger charge is 2.23. The minimum absolute atomic E-state index is 0.0150. The molecule has 4 nitrogen and oxygen atoms in total. The molecule has 1 amide bonds. The van der Waals surface area contributed by atoms with E-state index in [1.807, 2.05) is 0 Å². The van der Waals surface area contributed by atoms with Crippen molar-refractivity contribution in [2.45, 2.75) is 44.7 Å². The lowest BCUT2D eigenvalue weighted by Crippen LogP contribution is -2.46. The van der Waals surface area contributed by atoms with Crippen LogP contribution in [0.25, 0.3) is 0 Å². The van der Waals surface area contributed by atoms with Gasteiger partial charge in [-0.25, -0.2) is 0 Å². The number of amides is 1. The lowest BCUT2D eigenvalue weighted by atomic mass is 10.1. The third kappa shape index (κ3) is 4.18. The minimum atomic E-state index is 0.0150. The highest BCUT2D eigenvalue weighted by molar-refractivity contribution is 5.82. The summed E-state index contributed by atoms with van der Waals surface area (Å²) in [6, 6.07) is 0.177. The van der Waals surface area contributed by atoms with Gasteiger partial charge in [-0.2, -0.15) is 0 Å². The fourth-order valence-electron chi connectivity index (χ4n) is 1.96. The molecule has 0 saturated carbocycles. The van der Waals surface area contributed by atoms with Crippen molar-refractivity contribution in [2.24, 2.45) is 0 Å². The summed E-state index contributed by atoms with van der Waals surface area (Å²) in [6.45, 7) is 3.68. The zero-order valence-corrected chi connectivity index (χ0v) is 9.71. The minimum Gasteiger partial charge on any atom is -0.383 e. The first-order valence-electron chi connectivity index (χ1n) is 5.80. The predicted molar refractivity (Wildman–Crippen MR) is 59.7 cm³/mol. The molecule has 1 fully saturated rings. The molecular formula is C11H22N2O2. The maximum Gasteiger partial charge on any atom is 0.237 e. The molecule has 1 rings (SSSR count). The Morgan fingerprint density at radius 1 is 1.67 bits per heavy atom. The van der Waals surface area contributed by atoms with Gasteiger partial charge in [0.2, 0.25) is 5.91 Å². The van der Waals surface area contributed by atoms with E-state index in [-0.39, 0.29) is 18.0 Å². The van der Waals surface area contributed by atoms with Gasteiger partial charge in [-0.15, -0.1) is 0 Å². The molecule has 2 unspecified atom stereocenters. The van der Waals surface area contributed by atoms with E-state index in [0.717, 1.165) is 32.2 Å². The summed E-state index contributed by atoms with van der Waals surface area (Å²) in [7, 11) is 1.67. The number of rotatable bonds is 6. The van der Waals surface area contributed by atoms with Crippen LogP contribution in [-0.4, -0.2) is 38.3 Å². The Balaban J connectivity index is 2.31. The molecule has 0 bridgehead atoms. The third-order valence-corrected chi connectivity index (χ3v) is 2.73. The van der Waals surface area contributed by atoms with Crippen molar-refractivity contribution in [1.29, 1.82) is 0 Å². The van der Waals surface area contributed by atoms with E-state index in [0.29, 0.717) is 6.61 Å². The van der Waals surface area contributed by atoms with Crippen molar-refractivity contribution in [2.75, 3.05) is 20.3 Å². The van der Waals surface area contributed by atoms with Gasteiger partial charge >= 0.3 is 0 Å². The fourth-order valence-corrected chi connectivity index (χ4v) is 1.96. The van der Waals surface area contributed by atoms with Crippen LogP contribution in [0.5, 0.6) is 0 Å². The van der Waals surface area contributed by atoms with Gasteiger partial charge in [0.25, 0.3) is 0 Å². The number of carbonyl (C=O) groups excluding carboxylic acids is 1. The molecule has 0 aromatic carbocycles. The number of hydrogen-bond donors (Lipinski definition) is 2. The van der Waals surface area contributed by atoms with E-state index < -0.39 is 0 Å². The van der Waals surface area contributed by atoms with Gasteiger partial charge in [-0.3, -0.25) is 4.79 Å². The second-order valence-corrected chi connectivity index (χ2v) is 4.10. The van der Waals surface area contributed by atoms with Crippen LogP contribution < -0.4 is 10.6 Å². The van der Waals surface area contributed by atoms with Crippen molar-refractivity contribution < 1.29 is 9.53 Å². The third-order valence-electron chi connectivity index (χ3n) is 2.73. The monoisotopic (exact) mass is 214 g/mol. The zero-order valence-electron chi connectivity index (χ0n) is 9.71. The molecule has 0 radical (unpaired) electrons. The second-order valence-electron chi connectivity index (χ2n) is 4.10. The number of nitrogens with one attached hydrogen (secondary N) is 2. The van der Waals surface area contributed by atoms with E-state index in [2.05, 4.69) is 17.6 Å². The SMILES string of the molecule is CCCC(COC)NC(=O)C1CCCN1. The average Bonchev–Trinajstić information content (AvgIpc) is 2.71. The summed E-state index contributed by atoms with van der Waals surface area (Å²) in [4.78, 5) is 11.8. The molecule has 15 heavy (non-hydrogen) atoms. The van der Waals surface area contributed by atoms with Crippen LogP contribution in [0.2, 0.25) is 0 Å². The van der Waals surface area contributed by atoms with Gasteiger partial charge in [0.1, 0.15) is 0 Å². The number of methoxy groups -OCH3 is 1. The smallest absolute Gasteiger partial charge is 0.237 e. The molecule has 0 aromatic heterocycles. The van der Waals surface area contributed by atoms with Crippen LogP contribution >= 0.6 is 0 Å². The Hall–Kier alpha value is -0.610. The molecule has 4 heteroatoms. The summed E-state index contributed by atoms with van der Waals surface area (Å²) < 4.78 is 5.08. The van der Waals surface area contributed by atoms with E-state index in [4.69, 9.17) is 4.74 Å². The molecule has 0 spiro atoms. The van der Waals surface area contributed by atoms with Crippen LogP contribution in [0.3, 0.4) is 0 Å². The molecule has 1 aliphatic rings. The van der Waals surface area contributed by atoms with E-state index >= 15 is 0 Å². The molecule has 0 aromatic rings. The molecule has 2 atom stereocenters. The normalized spacial score (nSPS) is 22.7. The van der Waals surface area contributed by atoms with E-state index in [1.54, 1.807) is 7.11 Å². The highest BCUT2D eigenvalue weighted by atomic mass is 16.5. The summed E-state index contributed by atoms with van der Waals surface area (Å²) in [5, 5.41) is 6.23. The van der Waals surface area contributed by atoms with Crippen LogP contribution in [0.15, 0.2) is 0 Å². The summed E-state index contributed by atoms with van der Waals surface area (Å²) >= 11 is 0. The molecule has 1 saturated heterocycles. The van der Waals surface area contributed by atoms with Gasteiger partial charge in [-0.05, 0) is 25.8 Å². The number of ether oxygens (including phenoxy) is 1. The lowest BCUT2D eigenvalue weighted by Gasteiger charge is -2.19. The van der Waals surface area contributed by atoms with Crippen LogP contribution in [0, 0.1) is 0 Å². The van der Waals surface area contributed by atoms with Crippen molar-refractivity contribution in [3.8, 4) is 0 Å². The van der Waals surface area contributed by atoms with E-state index in [1.165, 1.54) is 0 Å². The first-order valence-corrected chi connectivity index (χ1v) is 5.80. The van der Waals surface area contributed by atoms with Gasteiger partial charge in [0, 0.05) is 7.11 Å². The van der Waals surface area contributed by atoms with Gasteiger partial charge in [0.15, 0.2) is 0 Å². The zero-order chi connectivity index (χ0) is 11.1. The molecule has 0 aliphatic carbocycles. The van der Waals surface area contributed by atoms with Crippen molar-refractivity contribution in [3.63, 3.8) is 0 Å². The Morgan fingerprint density at radius 3 is 3.00 bits per heavy atom. The molecule has 88 valence electrons. The Bertz CT molecular complexity index is 185. The molecule has 1 heterocycles. The average molecular weight is 214 g/mol. The topological polar surface area (TPSA) is 50.4 Å². The molecule has 2 N–H and O–H groups in total. The quantitative estimate of drug-likeness (QED) is 0.683. The molecule has 1 aliphatic heterocycles. The van der Waals surface area contributed by atoms with Crippen molar-refractivity contribution in [1.82, 2.24) is 10.6 Å². The van der Waals surface area contributed by atoms with Gasteiger partial charge < -0.3 is 15.4 Å². The Kier molecular flexibility index (Phi) is 5.65. The lowest BCUT2D eigenvalue weighted by molar-refractivity contribution is -0.123. The second kappa shape index (κ2) is 6.80. The van der Waals surface area contributed by atoms with E-state index in [9.17, 15) is 4.79 Å². The standard InChI is InChI=1S/C11H22N2O2/c1-3-5-9(8-15-2)13-11(14)10-6-4-7-12-10/h9-10,12H,3-8H2,1-2H3,(H,13,14). The van der Waals surface area contributed by atoms with Crippen molar-refractivity contribution >= 4 is 5.91 Å². The Morgan fingerprint density at radius 2 is 2.47 bits per heavy atom. The van der Waals surface area contributed by atoms with Crippen LogP contribution in [0.4, 0.5) is 0 Å². The van der Waals surface area contributed by atoms with Crippen LogP contribution in [-0.2, 0) is 9.53 Å². The maximum absolute atomic E-state index is 11.8. The number of hydrogen-bond acceptors (Lipinski definition) is 3. The van der Waals surface area contributed by atoms with Crippen molar-refractivity contribution in [3.05, 3.63) is 0 Å². The highest BCUT2D eigenvalue weighted by Crippen LogP contribution is 2.06. The first-order chi connectivity index (χ1) is 7.27. The first kappa shape index (κ1) is 12.5. The summed E-state index contributed by atoms with van der Waals surface area (Å²) in [5.74, 6) is 0.128. The maximum atomic E-state index is 11.8. The van der Waals surface area contributed by atoms with Gasteiger partial charge in [0.05, 0.1) is 18.7 Å². The Labute approximate surface area is 91.8 Å². The summed E-state index contributed by atoms with van der Waals surface area (Å²) in [5.41, 5.74) is 0. The largest absolute Gasteiger partial charge is 0.383 e. The summed E-state index contributed by atoms with van der Waals surface area (Å²) in [6.07, 6.45) is 4.09.